The van der Waals surface area contributed by atoms with Crippen LogP contribution in [0.15, 0.2) is 41.9 Å². The molecule has 1 aromatic heterocycles. The first-order valence-electron chi connectivity index (χ1n) is 10.4. The normalized spacial score (nSPS) is 17.4. The van der Waals surface area contributed by atoms with E-state index in [0.29, 0.717) is 18.5 Å². The Morgan fingerprint density at radius 3 is 2.94 bits per heavy atom. The van der Waals surface area contributed by atoms with Gasteiger partial charge in [-0.2, -0.15) is 0 Å². The maximum absolute atomic E-state index is 12.8. The monoisotopic (exact) mass is 458 g/mol. The van der Waals surface area contributed by atoms with Crippen LogP contribution in [0.5, 0.6) is 0 Å². The van der Waals surface area contributed by atoms with E-state index in [2.05, 4.69) is 27.5 Å². The number of amides is 4. The number of nitrogens with zero attached hydrogens (tertiary/aromatic N) is 2. The number of carbonyl (C=O) groups is 4. The Bertz CT molecular complexity index is 1380. The van der Waals surface area contributed by atoms with Crippen molar-refractivity contribution in [3.05, 3.63) is 64.2 Å². The van der Waals surface area contributed by atoms with Crippen LogP contribution in [-0.2, 0) is 27.5 Å². The molecule has 2 N–H and O–H groups in total. The largest absolute Gasteiger partial charge is 0.341 e. The second kappa shape index (κ2) is 8.48. The minimum Gasteiger partial charge on any atom is -0.341 e. The molecule has 3 aromatic rings. The van der Waals surface area contributed by atoms with Crippen LogP contribution in [0.3, 0.4) is 0 Å². The summed E-state index contributed by atoms with van der Waals surface area (Å²) in [7, 11) is 0. The number of carbonyl (C=O) groups excluding carboxylic acids is 4. The average molecular weight is 458 g/mol. The molecule has 164 valence electrons. The molecule has 1 fully saturated rings. The molecule has 0 bridgehead atoms. The topological polar surface area (TPSA) is 108 Å². The molecular weight excluding hydrogens is 440 g/mol. The third-order valence-corrected chi connectivity index (χ3v) is 6.48. The number of benzene rings is 2. The van der Waals surface area contributed by atoms with Gasteiger partial charge in [-0.15, -0.1) is 11.3 Å². The quantitative estimate of drug-likeness (QED) is 0.459. The molecule has 8 nitrogen and oxygen atoms in total. The lowest BCUT2D eigenvalue weighted by Gasteiger charge is -2.29. The van der Waals surface area contributed by atoms with Crippen molar-refractivity contribution in [1.82, 2.24) is 20.5 Å². The molecule has 0 spiro atoms. The number of hydrogen-bond acceptors (Lipinski definition) is 6. The summed E-state index contributed by atoms with van der Waals surface area (Å²) in [6, 6.07) is 10.3. The summed E-state index contributed by atoms with van der Waals surface area (Å²) in [5.41, 5.74) is 5.57. The first-order valence-corrected chi connectivity index (χ1v) is 11.3. The van der Waals surface area contributed by atoms with Crippen molar-refractivity contribution < 1.29 is 19.2 Å². The summed E-state index contributed by atoms with van der Waals surface area (Å²) in [5, 5.41) is 5.06. The Morgan fingerprint density at radius 1 is 1.21 bits per heavy atom. The van der Waals surface area contributed by atoms with Crippen LogP contribution in [0.4, 0.5) is 0 Å². The molecule has 1 saturated heterocycles. The van der Waals surface area contributed by atoms with Crippen molar-refractivity contribution in [2.75, 3.05) is 0 Å². The van der Waals surface area contributed by atoms with Gasteiger partial charge in [0.05, 0.1) is 15.7 Å². The second-order valence-electron chi connectivity index (χ2n) is 7.86. The van der Waals surface area contributed by atoms with Gasteiger partial charge in [0.1, 0.15) is 6.04 Å². The summed E-state index contributed by atoms with van der Waals surface area (Å²) in [4.78, 5) is 54.2. The molecule has 0 saturated carbocycles. The van der Waals surface area contributed by atoms with Gasteiger partial charge in [0.15, 0.2) is 0 Å². The van der Waals surface area contributed by atoms with Gasteiger partial charge < -0.3 is 10.2 Å². The van der Waals surface area contributed by atoms with Gasteiger partial charge >= 0.3 is 0 Å². The molecule has 0 radical (unpaired) electrons. The van der Waals surface area contributed by atoms with Crippen molar-refractivity contribution in [3.63, 3.8) is 0 Å². The summed E-state index contributed by atoms with van der Waals surface area (Å²) >= 11 is 1.52. The highest BCUT2D eigenvalue weighted by Gasteiger charge is 2.39. The summed E-state index contributed by atoms with van der Waals surface area (Å²) in [5.74, 6) is 4.08. The highest BCUT2D eigenvalue weighted by Crippen LogP contribution is 2.28. The van der Waals surface area contributed by atoms with Gasteiger partial charge in [-0.3, -0.25) is 24.5 Å². The molecule has 1 atom stereocenters. The van der Waals surface area contributed by atoms with Crippen molar-refractivity contribution in [2.45, 2.75) is 32.0 Å². The van der Waals surface area contributed by atoms with Crippen LogP contribution in [0.1, 0.15) is 39.9 Å². The minimum absolute atomic E-state index is 0.215. The maximum Gasteiger partial charge on any atom is 0.296 e. The minimum atomic E-state index is -0.648. The van der Waals surface area contributed by atoms with Gasteiger partial charge in [0.2, 0.25) is 11.8 Å². The van der Waals surface area contributed by atoms with Crippen molar-refractivity contribution >= 4 is 45.2 Å². The second-order valence-corrected chi connectivity index (χ2v) is 8.75. The van der Waals surface area contributed by atoms with Crippen molar-refractivity contribution in [1.29, 1.82) is 0 Å². The smallest absolute Gasteiger partial charge is 0.296 e. The number of fused-ring (bicyclic) bond motifs is 2. The fourth-order valence-corrected chi connectivity index (χ4v) is 4.74. The van der Waals surface area contributed by atoms with Gasteiger partial charge in [-0.25, -0.2) is 4.98 Å². The molecule has 4 amide bonds. The highest BCUT2D eigenvalue weighted by atomic mass is 32.1. The average Bonchev–Trinajstić information content (AvgIpc) is 3.40. The van der Waals surface area contributed by atoms with E-state index in [-0.39, 0.29) is 24.8 Å². The molecule has 5 rings (SSSR count). The molecule has 9 heteroatoms. The first-order chi connectivity index (χ1) is 16.0. The van der Waals surface area contributed by atoms with Crippen LogP contribution >= 0.6 is 11.3 Å². The van der Waals surface area contributed by atoms with E-state index in [4.69, 9.17) is 0 Å². The molecule has 1 unspecified atom stereocenters. The fourth-order valence-electron chi connectivity index (χ4n) is 4.03. The number of imide groups is 1. The zero-order valence-corrected chi connectivity index (χ0v) is 18.2. The van der Waals surface area contributed by atoms with Crippen LogP contribution in [0.25, 0.3) is 10.2 Å². The molecular formula is C24H18N4O4S. The van der Waals surface area contributed by atoms with Crippen LogP contribution in [0, 0.1) is 11.8 Å². The van der Waals surface area contributed by atoms with Crippen molar-refractivity contribution in [3.8, 4) is 11.8 Å². The third kappa shape index (κ3) is 4.21. The van der Waals surface area contributed by atoms with E-state index in [1.807, 2.05) is 24.3 Å². The zero-order valence-electron chi connectivity index (χ0n) is 17.4. The fraction of sp³-hybridized carbons (Fsp3) is 0.208. The predicted molar refractivity (Wildman–Crippen MR) is 121 cm³/mol. The van der Waals surface area contributed by atoms with E-state index < -0.39 is 17.9 Å². The molecule has 0 aliphatic carbocycles. The molecule has 3 heterocycles. The number of rotatable bonds is 3. The van der Waals surface area contributed by atoms with Crippen LogP contribution in [-0.4, -0.2) is 39.6 Å². The Kier molecular flexibility index (Phi) is 5.36. The lowest BCUT2D eigenvalue weighted by Crippen LogP contribution is -2.52. The van der Waals surface area contributed by atoms with Crippen LogP contribution in [0.2, 0.25) is 0 Å². The number of hydrogen-bond donors (Lipinski definition) is 2. The lowest BCUT2D eigenvalue weighted by molar-refractivity contribution is -0.137. The predicted octanol–water partition coefficient (Wildman–Crippen LogP) is 1.73. The summed E-state index contributed by atoms with van der Waals surface area (Å²) in [6.07, 6.45) is 0.537. The molecule has 33 heavy (non-hydrogen) atoms. The van der Waals surface area contributed by atoms with E-state index in [1.165, 1.54) is 16.2 Å². The standard InChI is InChI=1S/C24H18N4O4S/c29-21(7-3-14-2-5-18-20(10-14)33-13-26-18)25-11-15-1-4-17-16(9-15)12-28(24(17)32)19-6-8-22(30)27-23(19)31/h1-2,4-5,9-10,13,19H,6,8,11-12H2,(H,25,29)(H,27,30,31). The van der Waals surface area contributed by atoms with Gasteiger partial charge in [0, 0.05) is 36.6 Å². The van der Waals surface area contributed by atoms with E-state index in [1.54, 1.807) is 17.6 Å². The van der Waals surface area contributed by atoms with E-state index in [9.17, 15) is 19.2 Å². The highest BCUT2D eigenvalue weighted by molar-refractivity contribution is 7.16. The van der Waals surface area contributed by atoms with E-state index >= 15 is 0 Å². The number of aromatic nitrogens is 1. The Hall–Kier alpha value is -4.03. The zero-order chi connectivity index (χ0) is 22.9. The summed E-state index contributed by atoms with van der Waals surface area (Å²) in [6.45, 7) is 0.559. The van der Waals surface area contributed by atoms with Crippen molar-refractivity contribution in [2.24, 2.45) is 0 Å². The molecule has 2 aliphatic heterocycles. The molecule has 2 aromatic carbocycles. The lowest BCUT2D eigenvalue weighted by atomic mass is 10.0. The number of nitrogens with one attached hydrogen (secondary N) is 2. The maximum atomic E-state index is 12.8. The Balaban J connectivity index is 1.22. The Labute approximate surface area is 193 Å². The third-order valence-electron chi connectivity index (χ3n) is 5.69. The molecule has 2 aliphatic rings. The Morgan fingerprint density at radius 2 is 2.09 bits per heavy atom. The first kappa shape index (κ1) is 20.8. The van der Waals surface area contributed by atoms with Gasteiger partial charge in [0.25, 0.3) is 11.8 Å². The van der Waals surface area contributed by atoms with Gasteiger partial charge in [-0.1, -0.05) is 18.1 Å². The van der Waals surface area contributed by atoms with Crippen LogP contribution < -0.4 is 10.6 Å². The van der Waals surface area contributed by atoms with E-state index in [0.717, 1.165) is 26.9 Å². The summed E-state index contributed by atoms with van der Waals surface area (Å²) < 4.78 is 1.02. The number of thiazole rings is 1. The van der Waals surface area contributed by atoms with Gasteiger partial charge in [-0.05, 0) is 41.8 Å². The number of piperidine rings is 1. The SMILES string of the molecule is O=C(C#Cc1ccc2ncsc2c1)NCc1ccc2c(c1)CN(C1CCC(=O)NC1=O)C2=O.